The van der Waals surface area contributed by atoms with Crippen LogP contribution in [-0.2, 0) is 4.79 Å². The molecule has 1 amide bonds. The van der Waals surface area contributed by atoms with E-state index < -0.39 is 0 Å². The molecule has 25 heavy (non-hydrogen) atoms. The van der Waals surface area contributed by atoms with Crippen molar-refractivity contribution in [1.82, 2.24) is 9.38 Å². The van der Waals surface area contributed by atoms with Crippen LogP contribution in [0.2, 0.25) is 0 Å². The highest BCUT2D eigenvalue weighted by atomic mass is 35.5. The Hall–Kier alpha value is -2.53. The molecular weight excluding hydrogens is 338 g/mol. The summed E-state index contributed by atoms with van der Waals surface area (Å²) in [6, 6.07) is 11.6. The summed E-state index contributed by atoms with van der Waals surface area (Å²) in [5.74, 6) is 1.72. The summed E-state index contributed by atoms with van der Waals surface area (Å²) in [7, 11) is 1.62. The normalized spacial score (nSPS) is 10.8. The van der Waals surface area contributed by atoms with Gasteiger partial charge in [0, 0.05) is 24.1 Å². The molecule has 2 heterocycles. The maximum absolute atomic E-state index is 12.3. The first-order valence-corrected chi connectivity index (χ1v) is 8.65. The summed E-state index contributed by atoms with van der Waals surface area (Å²) >= 11 is 5.70. The number of halogens is 1. The number of fused-ring (bicyclic) bond motifs is 1. The minimum absolute atomic E-state index is 0.0832. The smallest absolute Gasteiger partial charge is 0.225 e. The van der Waals surface area contributed by atoms with Gasteiger partial charge in [0.1, 0.15) is 22.9 Å². The van der Waals surface area contributed by atoms with Gasteiger partial charge in [-0.25, -0.2) is 4.98 Å². The molecule has 3 aromatic rings. The number of aromatic nitrogens is 2. The highest BCUT2D eigenvalue weighted by molar-refractivity contribution is 6.18. The van der Waals surface area contributed by atoms with Crippen LogP contribution in [0.25, 0.3) is 16.9 Å². The number of imidazole rings is 1. The lowest BCUT2D eigenvalue weighted by atomic mass is 10.1. The molecule has 1 aromatic carbocycles. The molecule has 0 atom stereocenters. The molecule has 0 saturated carbocycles. The minimum Gasteiger partial charge on any atom is -0.496 e. The summed E-state index contributed by atoms with van der Waals surface area (Å²) in [4.78, 5) is 17.0. The highest BCUT2D eigenvalue weighted by Gasteiger charge is 2.19. The molecule has 2 aromatic heterocycles. The molecule has 0 radical (unpaired) electrons. The molecule has 0 saturated heterocycles. The number of rotatable bonds is 6. The van der Waals surface area contributed by atoms with Crippen LogP contribution in [0.3, 0.4) is 0 Å². The van der Waals surface area contributed by atoms with Crippen molar-refractivity contribution < 1.29 is 9.53 Å². The topological polar surface area (TPSA) is 55.6 Å². The van der Waals surface area contributed by atoms with Crippen molar-refractivity contribution in [2.24, 2.45) is 0 Å². The third-order valence-corrected chi connectivity index (χ3v) is 4.19. The van der Waals surface area contributed by atoms with Crippen molar-refractivity contribution in [2.75, 3.05) is 18.3 Å². The van der Waals surface area contributed by atoms with Crippen molar-refractivity contribution in [3.63, 3.8) is 0 Å². The summed E-state index contributed by atoms with van der Waals surface area (Å²) in [6.07, 6.45) is 2.96. The number of pyridine rings is 1. The maximum atomic E-state index is 12.3. The lowest BCUT2D eigenvalue weighted by Crippen LogP contribution is -2.13. The van der Waals surface area contributed by atoms with Crippen LogP contribution in [0.15, 0.2) is 42.6 Å². The Morgan fingerprint density at radius 1 is 1.28 bits per heavy atom. The minimum atomic E-state index is -0.0832. The zero-order valence-corrected chi connectivity index (χ0v) is 15.0. The van der Waals surface area contributed by atoms with E-state index in [2.05, 4.69) is 5.32 Å². The third-order valence-electron chi connectivity index (χ3n) is 3.92. The summed E-state index contributed by atoms with van der Waals surface area (Å²) in [6.45, 7) is 2.00. The molecule has 0 aliphatic rings. The summed E-state index contributed by atoms with van der Waals surface area (Å²) in [5.41, 5.74) is 3.35. The second kappa shape index (κ2) is 7.57. The Morgan fingerprint density at radius 3 is 2.84 bits per heavy atom. The van der Waals surface area contributed by atoms with Crippen LogP contribution < -0.4 is 10.1 Å². The first-order chi connectivity index (χ1) is 12.1. The van der Waals surface area contributed by atoms with Gasteiger partial charge in [0.25, 0.3) is 0 Å². The van der Waals surface area contributed by atoms with Gasteiger partial charge in [-0.15, -0.1) is 11.6 Å². The van der Waals surface area contributed by atoms with Gasteiger partial charge >= 0.3 is 0 Å². The van der Waals surface area contributed by atoms with Crippen molar-refractivity contribution in [1.29, 1.82) is 0 Å². The van der Waals surface area contributed by atoms with Gasteiger partial charge in [-0.05, 0) is 37.1 Å². The lowest BCUT2D eigenvalue weighted by Gasteiger charge is -2.10. The monoisotopic (exact) mass is 357 g/mol. The summed E-state index contributed by atoms with van der Waals surface area (Å²) in [5, 5.41) is 2.99. The molecule has 0 spiro atoms. The molecule has 1 N–H and O–H groups in total. The third kappa shape index (κ3) is 3.61. The molecule has 0 aliphatic carbocycles. The fraction of sp³-hybridized carbons (Fsp3) is 0.263. The first-order valence-electron chi connectivity index (χ1n) is 8.12. The molecule has 130 valence electrons. The Bertz CT molecular complexity index is 905. The molecule has 6 heteroatoms. The fourth-order valence-corrected chi connectivity index (χ4v) is 2.85. The molecule has 3 rings (SSSR count). The van der Waals surface area contributed by atoms with E-state index in [4.69, 9.17) is 21.3 Å². The van der Waals surface area contributed by atoms with Gasteiger partial charge in [0.2, 0.25) is 5.91 Å². The van der Waals surface area contributed by atoms with Crippen LogP contribution in [-0.4, -0.2) is 28.3 Å². The van der Waals surface area contributed by atoms with E-state index >= 15 is 0 Å². The number of hydrogen-bond donors (Lipinski definition) is 1. The number of benzene rings is 1. The molecule has 5 nitrogen and oxygen atoms in total. The largest absolute Gasteiger partial charge is 0.496 e. The second-order valence-electron chi connectivity index (χ2n) is 5.78. The first kappa shape index (κ1) is 17.3. The predicted molar refractivity (Wildman–Crippen MR) is 101 cm³/mol. The predicted octanol–water partition coefficient (Wildman–Crippen LogP) is 4.28. The molecule has 0 fully saturated rings. The van der Waals surface area contributed by atoms with Crippen LogP contribution >= 0.6 is 11.6 Å². The molecule has 0 aliphatic heterocycles. The highest BCUT2D eigenvalue weighted by Crippen LogP contribution is 2.35. The number of alkyl halides is 1. The number of carbonyl (C=O) groups is 1. The zero-order chi connectivity index (χ0) is 17.8. The van der Waals surface area contributed by atoms with Crippen LogP contribution in [0, 0.1) is 6.92 Å². The Kier molecular flexibility index (Phi) is 5.24. The van der Waals surface area contributed by atoms with E-state index in [9.17, 15) is 4.79 Å². The van der Waals surface area contributed by atoms with E-state index in [1.165, 1.54) is 0 Å². The Labute approximate surface area is 151 Å². The number of amides is 1. The number of nitrogens with zero attached hydrogens (tertiary/aromatic N) is 2. The van der Waals surface area contributed by atoms with Crippen LogP contribution in [0.1, 0.15) is 18.4 Å². The number of hydrogen-bond acceptors (Lipinski definition) is 3. The Balaban J connectivity index is 2.14. The number of carbonyl (C=O) groups excluding carboxylic acids is 1. The van der Waals surface area contributed by atoms with Crippen molar-refractivity contribution >= 4 is 29.0 Å². The zero-order valence-electron chi connectivity index (χ0n) is 14.3. The average Bonchev–Trinajstić information content (AvgIpc) is 2.97. The molecular formula is C19H20ClN3O2. The van der Waals surface area contributed by atoms with E-state index in [1.807, 2.05) is 53.9 Å². The van der Waals surface area contributed by atoms with Gasteiger partial charge in [-0.2, -0.15) is 0 Å². The number of ether oxygens (including phenoxy) is 1. The quantitative estimate of drug-likeness (QED) is 0.670. The number of para-hydroxylation sites is 1. The molecule has 0 bridgehead atoms. The van der Waals surface area contributed by atoms with Gasteiger partial charge in [0.05, 0.1) is 7.11 Å². The van der Waals surface area contributed by atoms with Crippen LogP contribution in [0.5, 0.6) is 5.75 Å². The maximum Gasteiger partial charge on any atom is 0.225 e. The van der Waals surface area contributed by atoms with Crippen molar-refractivity contribution in [3.05, 3.63) is 48.2 Å². The number of nitrogens with one attached hydrogen (secondary N) is 1. The van der Waals surface area contributed by atoms with Crippen molar-refractivity contribution in [3.8, 4) is 17.0 Å². The van der Waals surface area contributed by atoms with Crippen molar-refractivity contribution in [2.45, 2.75) is 19.8 Å². The van der Waals surface area contributed by atoms with Gasteiger partial charge < -0.3 is 10.1 Å². The van der Waals surface area contributed by atoms with Gasteiger partial charge in [0.15, 0.2) is 0 Å². The van der Waals surface area contributed by atoms with Gasteiger partial charge in [-0.1, -0.05) is 18.2 Å². The van der Waals surface area contributed by atoms with E-state index in [0.29, 0.717) is 36.0 Å². The average molecular weight is 358 g/mol. The van der Waals surface area contributed by atoms with E-state index in [-0.39, 0.29) is 5.91 Å². The van der Waals surface area contributed by atoms with E-state index in [0.717, 1.165) is 16.8 Å². The second-order valence-corrected chi connectivity index (χ2v) is 6.16. The number of anilines is 1. The molecule has 0 unspecified atom stereocenters. The number of aryl methyl sites for hydroxylation is 1. The SMILES string of the molecule is COc1ccccc1-c1nc2ccc(C)cn2c1NC(=O)CCCCl. The Morgan fingerprint density at radius 2 is 2.08 bits per heavy atom. The van der Waals surface area contributed by atoms with Crippen LogP contribution in [0.4, 0.5) is 5.82 Å². The summed E-state index contributed by atoms with van der Waals surface area (Å²) < 4.78 is 7.36. The standard InChI is InChI=1S/C19H20ClN3O2/c1-13-9-10-16-21-18(14-6-3-4-7-15(14)25-2)19(23(16)12-13)22-17(24)8-5-11-20/h3-4,6-7,9-10,12H,5,8,11H2,1-2H3,(H,22,24). The lowest BCUT2D eigenvalue weighted by molar-refractivity contribution is -0.116. The van der Waals surface area contributed by atoms with E-state index in [1.54, 1.807) is 7.11 Å². The number of methoxy groups -OCH3 is 1. The fourth-order valence-electron chi connectivity index (χ4n) is 2.72. The van der Waals surface area contributed by atoms with Gasteiger partial charge in [-0.3, -0.25) is 9.20 Å².